The number of benzene rings is 1. The maximum absolute atomic E-state index is 11.4. The monoisotopic (exact) mass is 457 g/mol. The number of piperidine rings is 1. The predicted molar refractivity (Wildman–Crippen MR) is 115 cm³/mol. The average Bonchev–Trinajstić information content (AvgIpc) is 3.16. The Hall–Kier alpha value is -2.29. The molecule has 0 unspecified atom stereocenters. The number of anilines is 1. The van der Waals surface area contributed by atoms with Crippen molar-refractivity contribution in [2.45, 2.75) is 19.3 Å². The zero-order chi connectivity index (χ0) is 20.2. The number of rotatable bonds is 6. The van der Waals surface area contributed by atoms with E-state index in [1.54, 1.807) is 5.48 Å². The van der Waals surface area contributed by atoms with Gasteiger partial charge in [-0.15, -0.1) is 0 Å². The van der Waals surface area contributed by atoms with E-state index < -0.39 is 5.91 Å². The van der Waals surface area contributed by atoms with Crippen LogP contribution in [0.3, 0.4) is 0 Å². The number of nitrogens with one attached hydrogen (secondary N) is 2. The number of hydrogen-bond donors (Lipinski definition) is 3. The number of hydrogen-bond acceptors (Lipinski definition) is 6. The van der Waals surface area contributed by atoms with E-state index in [1.165, 1.54) is 29.1 Å². The first kappa shape index (κ1) is 20.0. The number of hydroxylamine groups is 1. The van der Waals surface area contributed by atoms with Crippen LogP contribution in [0.15, 0.2) is 41.1 Å². The number of carbonyl (C=O) groups excluding carboxylic acids is 1. The Kier molecular flexibility index (Phi) is 6.22. The van der Waals surface area contributed by atoms with Crippen molar-refractivity contribution in [3.8, 4) is 0 Å². The number of amides is 1. The highest BCUT2D eigenvalue weighted by atomic mass is 79.9. The van der Waals surface area contributed by atoms with Gasteiger partial charge in [0, 0.05) is 36.5 Å². The molecule has 0 saturated carbocycles. The largest absolute Gasteiger partial charge is 0.341 e. The summed E-state index contributed by atoms with van der Waals surface area (Å²) in [6, 6.07) is 6.52. The second-order valence-electron chi connectivity index (χ2n) is 7.51. The molecule has 1 saturated heterocycles. The molecular formula is C21H24BrN5O2. The Bertz CT molecular complexity index is 908. The smallest absolute Gasteiger partial charge is 0.277 e. The second-order valence-corrected chi connectivity index (χ2v) is 8.42. The molecular weight excluding hydrogens is 434 g/mol. The van der Waals surface area contributed by atoms with Crippen molar-refractivity contribution in [2.24, 2.45) is 5.92 Å². The van der Waals surface area contributed by atoms with Gasteiger partial charge in [-0.1, -0.05) is 28.1 Å². The number of carbonyl (C=O) groups is 1. The Morgan fingerprint density at radius 1 is 1.24 bits per heavy atom. The van der Waals surface area contributed by atoms with Gasteiger partial charge >= 0.3 is 0 Å². The summed E-state index contributed by atoms with van der Waals surface area (Å²) in [6.07, 6.45) is 8.38. The first-order chi connectivity index (χ1) is 14.1. The minimum Gasteiger partial charge on any atom is -0.341 e. The molecule has 1 aliphatic heterocycles. The Morgan fingerprint density at radius 3 is 2.72 bits per heavy atom. The summed E-state index contributed by atoms with van der Waals surface area (Å²) >= 11 is 3.57. The molecule has 1 aliphatic carbocycles. The molecule has 29 heavy (non-hydrogen) atoms. The van der Waals surface area contributed by atoms with Gasteiger partial charge < -0.3 is 10.2 Å². The molecule has 4 rings (SSSR count). The fraction of sp³-hybridized carbons (Fsp3) is 0.381. The molecule has 0 spiro atoms. The van der Waals surface area contributed by atoms with Crippen LogP contribution in [0, 0.1) is 5.92 Å². The van der Waals surface area contributed by atoms with E-state index in [0.29, 0.717) is 11.9 Å². The molecule has 1 fully saturated rings. The number of nitrogens with zero attached hydrogens (tertiary/aromatic N) is 3. The second kappa shape index (κ2) is 9.02. The van der Waals surface area contributed by atoms with E-state index in [-0.39, 0.29) is 5.56 Å². The van der Waals surface area contributed by atoms with Crippen LogP contribution in [0.4, 0.5) is 5.95 Å². The van der Waals surface area contributed by atoms with E-state index >= 15 is 0 Å². The molecule has 2 heterocycles. The van der Waals surface area contributed by atoms with E-state index in [9.17, 15) is 4.79 Å². The Balaban J connectivity index is 1.23. The highest BCUT2D eigenvalue weighted by Gasteiger charge is 2.21. The minimum absolute atomic E-state index is 0.241. The van der Waals surface area contributed by atoms with E-state index in [2.05, 4.69) is 60.4 Å². The van der Waals surface area contributed by atoms with Crippen LogP contribution < -0.4 is 15.7 Å². The maximum Gasteiger partial charge on any atom is 0.277 e. The lowest BCUT2D eigenvalue weighted by Gasteiger charge is -2.32. The molecule has 0 radical (unpaired) electrons. The van der Waals surface area contributed by atoms with Gasteiger partial charge in [0.05, 0.1) is 5.56 Å². The van der Waals surface area contributed by atoms with Gasteiger partial charge in [0.25, 0.3) is 5.91 Å². The average molecular weight is 458 g/mol. The van der Waals surface area contributed by atoms with Crippen molar-refractivity contribution >= 4 is 33.4 Å². The molecule has 0 bridgehead atoms. The van der Waals surface area contributed by atoms with Gasteiger partial charge in [-0.3, -0.25) is 10.0 Å². The lowest BCUT2D eigenvalue weighted by molar-refractivity contribution is 0.0705. The van der Waals surface area contributed by atoms with Gasteiger partial charge in [0.1, 0.15) is 0 Å². The zero-order valence-corrected chi connectivity index (χ0v) is 17.7. The molecule has 2 aliphatic rings. The first-order valence-electron chi connectivity index (χ1n) is 9.84. The lowest BCUT2D eigenvalue weighted by atomic mass is 9.97. The van der Waals surface area contributed by atoms with Gasteiger partial charge in [0.15, 0.2) is 0 Å². The highest BCUT2D eigenvalue weighted by Crippen LogP contribution is 2.29. The molecule has 152 valence electrons. The molecule has 7 nitrogen and oxygen atoms in total. The summed E-state index contributed by atoms with van der Waals surface area (Å²) in [6.45, 7) is 3.71. The molecule has 1 amide bonds. The normalized spacial score (nSPS) is 16.5. The summed E-state index contributed by atoms with van der Waals surface area (Å²) in [7, 11) is 0. The standard InChI is InChI=1S/C21H24BrN5O2/c22-18-4-3-15-1-2-16(19(15)9-18)11-23-10-14-5-7-27(8-6-14)21-24-12-17(13-25-21)20(28)26-29/h2-4,9,12-14,23,29H,1,5-8,10-11H2,(H,26,28). The van der Waals surface area contributed by atoms with Crippen LogP contribution in [0.5, 0.6) is 0 Å². The van der Waals surface area contributed by atoms with Crippen molar-refractivity contribution in [2.75, 3.05) is 31.1 Å². The van der Waals surface area contributed by atoms with E-state index in [1.807, 2.05) is 0 Å². The molecule has 8 heteroatoms. The van der Waals surface area contributed by atoms with Crippen LogP contribution in [0.25, 0.3) is 5.57 Å². The minimum atomic E-state index is -0.603. The summed E-state index contributed by atoms with van der Waals surface area (Å²) in [5.74, 6) is 0.660. The number of fused-ring (bicyclic) bond motifs is 1. The Morgan fingerprint density at radius 2 is 2.00 bits per heavy atom. The van der Waals surface area contributed by atoms with Gasteiger partial charge in [-0.05, 0) is 60.6 Å². The predicted octanol–water partition coefficient (Wildman–Crippen LogP) is 2.80. The van der Waals surface area contributed by atoms with Crippen molar-refractivity contribution in [1.29, 1.82) is 0 Å². The summed E-state index contributed by atoms with van der Waals surface area (Å²) in [4.78, 5) is 22.0. The summed E-state index contributed by atoms with van der Waals surface area (Å²) in [5.41, 5.74) is 5.98. The van der Waals surface area contributed by atoms with Crippen LogP contribution in [0.1, 0.15) is 34.3 Å². The fourth-order valence-electron chi connectivity index (χ4n) is 3.95. The van der Waals surface area contributed by atoms with E-state index in [4.69, 9.17) is 5.21 Å². The molecule has 1 aromatic carbocycles. The fourth-order valence-corrected chi connectivity index (χ4v) is 4.31. The molecule has 1 aromatic heterocycles. The van der Waals surface area contributed by atoms with Gasteiger partial charge in [-0.25, -0.2) is 15.4 Å². The lowest BCUT2D eigenvalue weighted by Crippen LogP contribution is -2.38. The third-order valence-corrected chi connectivity index (χ3v) is 6.13. The van der Waals surface area contributed by atoms with E-state index in [0.717, 1.165) is 49.9 Å². The quantitative estimate of drug-likeness (QED) is 0.456. The first-order valence-corrected chi connectivity index (χ1v) is 10.6. The summed E-state index contributed by atoms with van der Waals surface area (Å²) < 4.78 is 1.13. The van der Waals surface area contributed by atoms with Crippen molar-refractivity contribution < 1.29 is 10.0 Å². The van der Waals surface area contributed by atoms with Crippen LogP contribution >= 0.6 is 15.9 Å². The topological polar surface area (TPSA) is 90.4 Å². The number of aromatic nitrogens is 2. The maximum atomic E-state index is 11.4. The Labute approximate surface area is 178 Å². The number of allylic oxidation sites excluding steroid dienone is 1. The van der Waals surface area contributed by atoms with Crippen LogP contribution in [0.2, 0.25) is 0 Å². The highest BCUT2D eigenvalue weighted by molar-refractivity contribution is 9.10. The van der Waals surface area contributed by atoms with Gasteiger partial charge in [0.2, 0.25) is 5.95 Å². The third kappa shape index (κ3) is 4.66. The molecule has 0 atom stereocenters. The zero-order valence-electron chi connectivity index (χ0n) is 16.1. The number of halogens is 1. The van der Waals surface area contributed by atoms with Crippen LogP contribution in [-0.4, -0.2) is 47.3 Å². The van der Waals surface area contributed by atoms with Gasteiger partial charge in [-0.2, -0.15) is 0 Å². The third-order valence-electron chi connectivity index (χ3n) is 5.63. The summed E-state index contributed by atoms with van der Waals surface area (Å²) in [5, 5.41) is 12.3. The molecule has 2 aromatic rings. The van der Waals surface area contributed by atoms with Crippen molar-refractivity contribution in [1.82, 2.24) is 20.8 Å². The molecule has 3 N–H and O–H groups in total. The van der Waals surface area contributed by atoms with Crippen molar-refractivity contribution in [3.05, 3.63) is 57.8 Å². The SMILES string of the molecule is O=C(NO)c1cnc(N2CCC(CNCC3=CCc4ccc(Br)cc43)CC2)nc1. The van der Waals surface area contributed by atoms with Crippen molar-refractivity contribution in [3.63, 3.8) is 0 Å². The van der Waals surface area contributed by atoms with Crippen LogP contribution in [-0.2, 0) is 6.42 Å².